The molecule has 0 atom stereocenters. The van der Waals surface area contributed by atoms with Crippen LogP contribution in [0.3, 0.4) is 0 Å². The van der Waals surface area contributed by atoms with E-state index in [4.69, 9.17) is 9.84 Å². The number of nitrogens with zero attached hydrogens (tertiary/aromatic N) is 3. The van der Waals surface area contributed by atoms with E-state index in [1.807, 2.05) is 0 Å². The molecule has 0 bridgehead atoms. The van der Waals surface area contributed by atoms with Gasteiger partial charge in [-0.2, -0.15) is 0 Å². The number of carboxylic acids is 1. The number of aliphatic carboxylic acids is 1. The van der Waals surface area contributed by atoms with Gasteiger partial charge in [0.1, 0.15) is 12.3 Å². The van der Waals surface area contributed by atoms with Gasteiger partial charge in [-0.15, -0.1) is 5.10 Å². The normalized spacial score (nSPS) is 11.2. The van der Waals surface area contributed by atoms with Crippen LogP contribution in [-0.2, 0) is 27.5 Å². The maximum Gasteiger partial charge on any atom is 0.331 e. The number of esters is 1. The first-order valence-electron chi connectivity index (χ1n) is 11.6. The van der Waals surface area contributed by atoms with Crippen LogP contribution < -0.4 is 0 Å². The van der Waals surface area contributed by atoms with Crippen molar-refractivity contribution in [2.24, 2.45) is 0 Å². The lowest BCUT2D eigenvalue weighted by Crippen LogP contribution is -2.02. The van der Waals surface area contributed by atoms with E-state index in [0.29, 0.717) is 5.69 Å². The van der Waals surface area contributed by atoms with E-state index < -0.39 is 11.9 Å². The summed E-state index contributed by atoms with van der Waals surface area (Å²) in [4.78, 5) is 21.7. The highest BCUT2D eigenvalue weighted by atomic mass is 16.5. The Morgan fingerprint density at radius 1 is 0.900 bits per heavy atom. The van der Waals surface area contributed by atoms with E-state index in [9.17, 15) is 9.59 Å². The van der Waals surface area contributed by atoms with Crippen molar-refractivity contribution in [3.8, 4) is 0 Å². The molecule has 0 spiro atoms. The van der Waals surface area contributed by atoms with E-state index in [0.717, 1.165) is 25.1 Å². The van der Waals surface area contributed by atoms with Gasteiger partial charge >= 0.3 is 11.9 Å². The van der Waals surface area contributed by atoms with E-state index in [1.54, 1.807) is 10.9 Å². The highest BCUT2D eigenvalue weighted by molar-refractivity contribution is 5.90. The molecule has 0 aliphatic rings. The second-order valence-corrected chi connectivity index (χ2v) is 7.85. The number of ether oxygens (including phenoxy) is 1. The minimum absolute atomic E-state index is 0.0124. The van der Waals surface area contributed by atoms with Gasteiger partial charge < -0.3 is 9.84 Å². The van der Waals surface area contributed by atoms with Crippen molar-refractivity contribution in [1.82, 2.24) is 15.0 Å². The second-order valence-electron chi connectivity index (χ2n) is 7.85. The summed E-state index contributed by atoms with van der Waals surface area (Å²) in [5.74, 6) is -1.90. The summed E-state index contributed by atoms with van der Waals surface area (Å²) in [6.45, 7) is 3.05. The van der Waals surface area contributed by atoms with Crippen LogP contribution in [-0.4, -0.2) is 32.0 Å². The average molecular weight is 422 g/mol. The van der Waals surface area contributed by atoms with Crippen LogP contribution in [0.2, 0.25) is 0 Å². The number of carboxylic acid groups (broad SMARTS) is 1. The molecule has 1 heterocycles. The average Bonchev–Trinajstić information content (AvgIpc) is 3.18. The molecule has 0 saturated heterocycles. The smallest absolute Gasteiger partial charge is 0.331 e. The third-order valence-electron chi connectivity index (χ3n) is 5.05. The lowest BCUT2D eigenvalue weighted by atomic mass is 10.0. The molecular weight excluding hydrogens is 382 g/mol. The first-order valence-corrected chi connectivity index (χ1v) is 11.6. The lowest BCUT2D eigenvalue weighted by molar-refractivity contribution is -0.140. The van der Waals surface area contributed by atoms with Gasteiger partial charge in [0.05, 0.1) is 6.20 Å². The van der Waals surface area contributed by atoms with Crippen molar-refractivity contribution >= 4 is 11.9 Å². The number of aryl methyl sites for hydroxylation is 1. The van der Waals surface area contributed by atoms with Gasteiger partial charge in [-0.05, 0) is 6.42 Å². The van der Waals surface area contributed by atoms with E-state index in [2.05, 4.69) is 17.2 Å². The minimum Gasteiger partial charge on any atom is -0.478 e. The third-order valence-corrected chi connectivity index (χ3v) is 5.05. The molecule has 1 aromatic heterocycles. The van der Waals surface area contributed by atoms with Crippen LogP contribution in [0.25, 0.3) is 0 Å². The van der Waals surface area contributed by atoms with Crippen molar-refractivity contribution in [2.45, 2.75) is 110 Å². The Hall–Kier alpha value is -2.18. The molecule has 0 radical (unpaired) electrons. The molecule has 0 aliphatic carbocycles. The van der Waals surface area contributed by atoms with Gasteiger partial charge in [-0.1, -0.05) is 95.6 Å². The fraction of sp³-hybridized carbons (Fsp3) is 0.739. The Labute approximate surface area is 180 Å². The summed E-state index contributed by atoms with van der Waals surface area (Å²) in [5.41, 5.74) is 0.553. The van der Waals surface area contributed by atoms with Crippen molar-refractivity contribution < 1.29 is 19.4 Å². The SMILES string of the molecule is CCCCCCCCCCCCCCCCn1cc(COC(=O)/C=C\C(=O)O)nn1. The first-order chi connectivity index (χ1) is 14.6. The molecule has 1 N–H and O–H groups in total. The number of rotatable bonds is 19. The van der Waals surface area contributed by atoms with E-state index in [1.165, 1.54) is 83.5 Å². The maximum absolute atomic E-state index is 11.3. The molecule has 0 aliphatic heterocycles. The quantitative estimate of drug-likeness (QED) is 0.181. The first kappa shape index (κ1) is 25.9. The predicted octanol–water partition coefficient (Wildman–Crippen LogP) is 5.44. The third kappa shape index (κ3) is 14.8. The molecule has 0 aromatic carbocycles. The van der Waals surface area contributed by atoms with Crippen LogP contribution >= 0.6 is 0 Å². The van der Waals surface area contributed by atoms with E-state index in [-0.39, 0.29) is 6.61 Å². The van der Waals surface area contributed by atoms with Crippen LogP contribution in [0.15, 0.2) is 18.3 Å². The van der Waals surface area contributed by atoms with Crippen LogP contribution in [0.4, 0.5) is 0 Å². The number of hydrogen-bond donors (Lipinski definition) is 1. The van der Waals surface area contributed by atoms with Gasteiger partial charge in [0.15, 0.2) is 0 Å². The summed E-state index contributed by atoms with van der Waals surface area (Å²) < 4.78 is 6.67. The summed E-state index contributed by atoms with van der Waals surface area (Å²) in [6, 6.07) is 0. The fourth-order valence-corrected chi connectivity index (χ4v) is 3.31. The number of carbonyl (C=O) groups excluding carboxylic acids is 1. The number of hydrogen-bond acceptors (Lipinski definition) is 5. The minimum atomic E-state index is -1.19. The van der Waals surface area contributed by atoms with Gasteiger partial charge in [0.2, 0.25) is 0 Å². The van der Waals surface area contributed by atoms with Gasteiger partial charge in [0.25, 0.3) is 0 Å². The van der Waals surface area contributed by atoms with Crippen LogP contribution in [0, 0.1) is 0 Å². The molecular formula is C23H39N3O4. The summed E-state index contributed by atoms with van der Waals surface area (Å²) in [6.07, 6.45) is 22.0. The molecule has 0 saturated carbocycles. The standard InChI is InChI=1S/C23H39N3O4/c1-2-3-4-5-6-7-8-9-10-11-12-13-14-15-18-26-19-21(24-25-26)20-30-23(29)17-16-22(27)28/h16-17,19H,2-15,18,20H2,1H3,(H,27,28)/b17-16-. The zero-order valence-electron chi connectivity index (χ0n) is 18.6. The molecule has 7 heteroatoms. The highest BCUT2D eigenvalue weighted by Gasteiger charge is 2.04. The van der Waals surface area contributed by atoms with Crippen molar-refractivity contribution in [1.29, 1.82) is 0 Å². The Balaban J connectivity index is 1.94. The summed E-state index contributed by atoms with van der Waals surface area (Å²) >= 11 is 0. The molecule has 0 unspecified atom stereocenters. The van der Waals surface area contributed by atoms with Gasteiger partial charge in [-0.3, -0.25) is 4.68 Å². The van der Waals surface area contributed by atoms with Gasteiger partial charge in [-0.25, -0.2) is 9.59 Å². The van der Waals surface area contributed by atoms with Crippen LogP contribution in [0.1, 0.15) is 103 Å². The monoisotopic (exact) mass is 421 g/mol. The number of unbranched alkanes of at least 4 members (excludes halogenated alkanes) is 13. The highest BCUT2D eigenvalue weighted by Crippen LogP contribution is 2.13. The molecule has 1 rings (SSSR count). The topological polar surface area (TPSA) is 94.3 Å². The Bertz CT molecular complexity index is 613. The molecule has 170 valence electrons. The predicted molar refractivity (Wildman–Crippen MR) is 117 cm³/mol. The Morgan fingerprint density at radius 3 is 1.97 bits per heavy atom. The van der Waals surface area contributed by atoms with Crippen LogP contribution in [0.5, 0.6) is 0 Å². The summed E-state index contributed by atoms with van der Waals surface area (Å²) in [5, 5.41) is 16.4. The number of carbonyl (C=O) groups is 2. The van der Waals surface area contributed by atoms with Gasteiger partial charge in [0, 0.05) is 18.7 Å². The Morgan fingerprint density at radius 2 is 1.43 bits per heavy atom. The lowest BCUT2D eigenvalue weighted by Gasteiger charge is -2.03. The Kier molecular flexibility index (Phi) is 15.2. The van der Waals surface area contributed by atoms with Crippen molar-refractivity contribution in [2.75, 3.05) is 0 Å². The second kappa shape index (κ2) is 17.7. The summed E-state index contributed by atoms with van der Waals surface area (Å²) in [7, 11) is 0. The fourth-order valence-electron chi connectivity index (χ4n) is 3.31. The molecule has 1 aromatic rings. The molecule has 30 heavy (non-hydrogen) atoms. The number of aromatic nitrogens is 3. The molecule has 0 amide bonds. The zero-order chi connectivity index (χ0) is 21.9. The van der Waals surface area contributed by atoms with E-state index >= 15 is 0 Å². The molecule has 7 nitrogen and oxygen atoms in total. The van der Waals surface area contributed by atoms with Crippen molar-refractivity contribution in [3.05, 3.63) is 24.0 Å². The molecule has 0 fully saturated rings. The van der Waals surface area contributed by atoms with Crippen molar-refractivity contribution in [3.63, 3.8) is 0 Å². The zero-order valence-corrected chi connectivity index (χ0v) is 18.6. The maximum atomic E-state index is 11.3. The largest absolute Gasteiger partial charge is 0.478 e.